The second-order valence-corrected chi connectivity index (χ2v) is 8.83. The van der Waals surface area contributed by atoms with Crippen molar-refractivity contribution in [3.63, 3.8) is 0 Å². The van der Waals surface area contributed by atoms with Gasteiger partial charge >= 0.3 is 6.03 Å². The molecule has 0 radical (unpaired) electrons. The quantitative estimate of drug-likeness (QED) is 0.429. The number of carbonyl (C=O) groups is 3. The first kappa shape index (κ1) is 21.1. The predicted octanol–water partition coefficient (Wildman–Crippen LogP) is 1.54. The lowest BCUT2D eigenvalue weighted by molar-refractivity contribution is -0.384. The van der Waals surface area contributed by atoms with Crippen LogP contribution in [-0.2, 0) is 22.6 Å². The molecule has 4 amide bonds. The van der Waals surface area contributed by atoms with Gasteiger partial charge in [0.05, 0.1) is 17.5 Å². The van der Waals surface area contributed by atoms with E-state index >= 15 is 0 Å². The Labute approximate surface area is 189 Å². The summed E-state index contributed by atoms with van der Waals surface area (Å²) in [5.74, 6) is -1.22. The van der Waals surface area contributed by atoms with Crippen LogP contribution in [0.1, 0.15) is 11.1 Å². The summed E-state index contributed by atoms with van der Waals surface area (Å²) in [6.07, 6.45) is -0.0117. The molecule has 5 rings (SSSR count). The van der Waals surface area contributed by atoms with Crippen molar-refractivity contribution >= 4 is 29.2 Å². The molecule has 10 heteroatoms. The molecular formula is C23H23N5O5. The molecule has 3 heterocycles. The molecule has 2 aromatic rings. The van der Waals surface area contributed by atoms with E-state index in [2.05, 4.69) is 10.2 Å². The summed E-state index contributed by atoms with van der Waals surface area (Å²) in [6.45, 7) is 1.75. The van der Waals surface area contributed by atoms with Crippen LogP contribution in [0.5, 0.6) is 0 Å². The Morgan fingerprint density at radius 1 is 1.12 bits per heavy atom. The number of nitrogens with zero attached hydrogens (tertiary/aromatic N) is 4. The van der Waals surface area contributed by atoms with Gasteiger partial charge in [-0.3, -0.25) is 29.9 Å². The fourth-order valence-corrected chi connectivity index (χ4v) is 5.22. The zero-order valence-corrected chi connectivity index (χ0v) is 18.1. The molecule has 0 bridgehead atoms. The van der Waals surface area contributed by atoms with Crippen molar-refractivity contribution in [2.24, 2.45) is 5.41 Å². The van der Waals surface area contributed by atoms with Gasteiger partial charge in [0, 0.05) is 43.9 Å². The van der Waals surface area contributed by atoms with Gasteiger partial charge in [-0.05, 0) is 24.2 Å². The largest absolute Gasteiger partial charge is 0.364 e. The summed E-state index contributed by atoms with van der Waals surface area (Å²) >= 11 is 0. The standard InChI is InChI=1S/C23H23N5O5/c1-25-9-10-26-18-8-7-17(28(32)33)11-16(18)12-23(19(26)14-25)20(29)24-22(31)27(21(23)30)13-15-5-3-2-4-6-15/h2-8,11,19H,9-10,12-14H2,1H3,(H,24,29,31)/t19-,23-/m1/s1. The number of nitro benzene ring substituents is 1. The number of rotatable bonds is 3. The zero-order chi connectivity index (χ0) is 23.3. The van der Waals surface area contributed by atoms with E-state index in [9.17, 15) is 24.5 Å². The van der Waals surface area contributed by atoms with Gasteiger partial charge < -0.3 is 9.80 Å². The second kappa shape index (κ2) is 7.66. The summed E-state index contributed by atoms with van der Waals surface area (Å²) in [5, 5.41) is 13.8. The van der Waals surface area contributed by atoms with Crippen molar-refractivity contribution in [1.82, 2.24) is 15.1 Å². The molecule has 3 aliphatic rings. The minimum atomic E-state index is -1.57. The maximum Gasteiger partial charge on any atom is 0.331 e. The minimum Gasteiger partial charge on any atom is -0.364 e. The third-order valence-corrected chi connectivity index (χ3v) is 6.89. The topological polar surface area (TPSA) is 116 Å². The molecule has 1 N–H and O–H groups in total. The van der Waals surface area contributed by atoms with E-state index in [0.717, 1.165) is 16.2 Å². The average Bonchev–Trinajstić information content (AvgIpc) is 2.80. The minimum absolute atomic E-state index is 0.0117. The SMILES string of the molecule is CN1CCN2c3ccc([N+](=O)[O-])cc3C[C@]3(C(=O)NC(=O)N(Cc4ccccc4)C3=O)[C@H]2C1. The lowest BCUT2D eigenvalue weighted by Gasteiger charge is -2.55. The number of amides is 4. The number of hydrogen-bond acceptors (Lipinski definition) is 7. The fourth-order valence-electron chi connectivity index (χ4n) is 5.22. The van der Waals surface area contributed by atoms with Crippen LogP contribution in [0.15, 0.2) is 48.5 Å². The van der Waals surface area contributed by atoms with Gasteiger partial charge in [-0.25, -0.2) is 4.79 Å². The number of nitro groups is 1. The zero-order valence-electron chi connectivity index (χ0n) is 18.1. The van der Waals surface area contributed by atoms with E-state index in [1.807, 2.05) is 42.3 Å². The van der Waals surface area contributed by atoms with E-state index in [0.29, 0.717) is 25.2 Å². The first-order valence-electron chi connectivity index (χ1n) is 10.7. The van der Waals surface area contributed by atoms with Crippen LogP contribution < -0.4 is 10.2 Å². The van der Waals surface area contributed by atoms with Crippen LogP contribution in [0.25, 0.3) is 0 Å². The van der Waals surface area contributed by atoms with Crippen molar-refractivity contribution in [3.05, 3.63) is 69.8 Å². The molecule has 2 atom stereocenters. The van der Waals surface area contributed by atoms with Gasteiger partial charge in [0.1, 0.15) is 0 Å². The van der Waals surface area contributed by atoms with Gasteiger partial charge in [0.15, 0.2) is 5.41 Å². The molecule has 1 spiro atoms. The van der Waals surface area contributed by atoms with Crippen molar-refractivity contribution in [1.29, 1.82) is 0 Å². The number of hydrogen-bond donors (Lipinski definition) is 1. The highest BCUT2D eigenvalue weighted by molar-refractivity contribution is 6.20. The number of anilines is 1. The Hall–Kier alpha value is -3.79. The van der Waals surface area contributed by atoms with E-state index in [1.54, 1.807) is 6.07 Å². The van der Waals surface area contributed by atoms with Crippen molar-refractivity contribution in [3.8, 4) is 0 Å². The highest BCUT2D eigenvalue weighted by atomic mass is 16.6. The molecule has 0 aromatic heterocycles. The Bertz CT molecular complexity index is 1170. The van der Waals surface area contributed by atoms with Gasteiger partial charge in [-0.1, -0.05) is 30.3 Å². The summed E-state index contributed by atoms with van der Waals surface area (Å²) in [6, 6.07) is 12.4. The second-order valence-electron chi connectivity index (χ2n) is 8.83. The number of piperazine rings is 1. The number of carbonyl (C=O) groups excluding carboxylic acids is 3. The molecule has 2 saturated heterocycles. The summed E-state index contributed by atoms with van der Waals surface area (Å²) in [7, 11) is 1.93. The molecule has 3 aliphatic heterocycles. The number of fused-ring (bicyclic) bond motifs is 4. The molecule has 33 heavy (non-hydrogen) atoms. The number of benzene rings is 2. The van der Waals surface area contributed by atoms with Crippen LogP contribution >= 0.6 is 0 Å². The van der Waals surface area contributed by atoms with Gasteiger partial charge in [-0.15, -0.1) is 0 Å². The molecule has 0 unspecified atom stereocenters. The predicted molar refractivity (Wildman–Crippen MR) is 118 cm³/mol. The highest BCUT2D eigenvalue weighted by Gasteiger charge is 2.62. The number of urea groups is 1. The maximum absolute atomic E-state index is 14.0. The first-order valence-corrected chi connectivity index (χ1v) is 10.7. The van der Waals surface area contributed by atoms with Gasteiger partial charge in [0.2, 0.25) is 11.8 Å². The summed E-state index contributed by atoms with van der Waals surface area (Å²) in [5.41, 5.74) is 0.436. The third-order valence-electron chi connectivity index (χ3n) is 6.89. The van der Waals surface area contributed by atoms with Crippen LogP contribution in [0.3, 0.4) is 0 Å². The van der Waals surface area contributed by atoms with Gasteiger partial charge in [-0.2, -0.15) is 0 Å². The third kappa shape index (κ3) is 3.25. The maximum atomic E-state index is 14.0. The number of likely N-dealkylation sites (N-methyl/N-ethyl adjacent to an activating group) is 1. The van der Waals surface area contributed by atoms with Crippen molar-refractivity contribution in [2.45, 2.75) is 19.0 Å². The Balaban J connectivity index is 1.62. The van der Waals surface area contributed by atoms with Gasteiger partial charge in [0.25, 0.3) is 5.69 Å². The van der Waals surface area contributed by atoms with Crippen molar-refractivity contribution < 1.29 is 19.3 Å². The van der Waals surface area contributed by atoms with E-state index in [1.165, 1.54) is 12.1 Å². The summed E-state index contributed by atoms with van der Waals surface area (Å²) in [4.78, 5) is 56.2. The molecule has 10 nitrogen and oxygen atoms in total. The lowest BCUT2D eigenvalue weighted by atomic mass is 9.67. The highest BCUT2D eigenvalue weighted by Crippen LogP contribution is 2.46. The Morgan fingerprint density at radius 2 is 1.88 bits per heavy atom. The van der Waals surface area contributed by atoms with E-state index in [-0.39, 0.29) is 18.7 Å². The van der Waals surface area contributed by atoms with Crippen LogP contribution in [0, 0.1) is 15.5 Å². The molecule has 170 valence electrons. The first-order chi connectivity index (χ1) is 15.8. The average molecular weight is 449 g/mol. The number of non-ortho nitro benzene ring substituents is 1. The molecule has 2 aromatic carbocycles. The lowest BCUT2D eigenvalue weighted by Crippen LogP contribution is -2.74. The van der Waals surface area contributed by atoms with E-state index < -0.39 is 34.2 Å². The monoisotopic (exact) mass is 449 g/mol. The van der Waals surface area contributed by atoms with E-state index in [4.69, 9.17) is 0 Å². The van der Waals surface area contributed by atoms with Crippen LogP contribution in [-0.4, -0.2) is 65.3 Å². The smallest absolute Gasteiger partial charge is 0.331 e. The number of barbiturate groups is 1. The van der Waals surface area contributed by atoms with Crippen molar-refractivity contribution in [2.75, 3.05) is 31.6 Å². The fraction of sp³-hybridized carbons (Fsp3) is 0.348. The van der Waals surface area contributed by atoms with Crippen LogP contribution in [0.4, 0.5) is 16.2 Å². The van der Waals surface area contributed by atoms with Crippen LogP contribution in [0.2, 0.25) is 0 Å². The molecule has 0 aliphatic carbocycles. The Morgan fingerprint density at radius 3 is 2.61 bits per heavy atom. The number of imide groups is 2. The molecule has 2 fully saturated rings. The molecule has 0 saturated carbocycles. The number of nitrogens with one attached hydrogen (secondary N) is 1. The molecular weight excluding hydrogens is 426 g/mol. The summed E-state index contributed by atoms with van der Waals surface area (Å²) < 4.78 is 0. The Kier molecular flexibility index (Phi) is 4.89. The normalized spacial score (nSPS) is 25.0.